The maximum atomic E-state index is 13.4. The van der Waals surface area contributed by atoms with Crippen molar-refractivity contribution in [1.29, 1.82) is 0 Å². The predicted octanol–water partition coefficient (Wildman–Crippen LogP) is 3.76. The van der Waals surface area contributed by atoms with E-state index in [4.69, 9.17) is 0 Å². The Morgan fingerprint density at radius 1 is 1.35 bits per heavy atom. The molecule has 1 atom stereocenters. The number of amides is 1. The second kappa shape index (κ2) is 6.51. The van der Waals surface area contributed by atoms with Gasteiger partial charge in [0.1, 0.15) is 6.04 Å². The van der Waals surface area contributed by atoms with Crippen molar-refractivity contribution in [3.05, 3.63) is 35.4 Å². The number of nitrogens with zero attached hydrogens (tertiary/aromatic N) is 1. The summed E-state index contributed by atoms with van der Waals surface area (Å²) in [6, 6.07) is 6.13. The third-order valence-electron chi connectivity index (χ3n) is 4.21. The van der Waals surface area contributed by atoms with E-state index >= 15 is 0 Å². The fraction of sp³-hybridized carbons (Fsp3) is 0.588. The van der Waals surface area contributed by atoms with Gasteiger partial charge >= 0.3 is 6.18 Å². The SMILES string of the molecule is Cc1cccc(CCC[C@H](N2NC(=O)CC2(C)C)C(F)(F)F)c1. The maximum absolute atomic E-state index is 13.4. The first kappa shape index (κ1) is 17.8. The lowest BCUT2D eigenvalue weighted by atomic mass is 9.97. The molecule has 0 bridgehead atoms. The topological polar surface area (TPSA) is 32.3 Å². The smallest absolute Gasteiger partial charge is 0.288 e. The summed E-state index contributed by atoms with van der Waals surface area (Å²) < 4.78 is 40.3. The molecular weight excluding hydrogens is 305 g/mol. The molecule has 0 aliphatic carbocycles. The fourth-order valence-electron chi connectivity index (χ4n) is 3.11. The highest BCUT2D eigenvalue weighted by atomic mass is 19.4. The minimum absolute atomic E-state index is 0.0405. The molecule has 1 aliphatic heterocycles. The number of benzene rings is 1. The third-order valence-corrected chi connectivity index (χ3v) is 4.21. The summed E-state index contributed by atoms with van der Waals surface area (Å²) in [6.45, 7) is 5.28. The molecule has 1 heterocycles. The third kappa shape index (κ3) is 4.47. The van der Waals surface area contributed by atoms with Crippen LogP contribution < -0.4 is 5.43 Å². The van der Waals surface area contributed by atoms with Gasteiger partial charge in [-0.15, -0.1) is 0 Å². The number of hydrazine groups is 1. The molecule has 0 saturated carbocycles. The van der Waals surface area contributed by atoms with Crippen molar-refractivity contribution in [3.63, 3.8) is 0 Å². The largest absolute Gasteiger partial charge is 0.405 e. The summed E-state index contributed by atoms with van der Waals surface area (Å²) in [5, 5.41) is 1.09. The van der Waals surface area contributed by atoms with Crippen molar-refractivity contribution >= 4 is 5.91 Å². The molecule has 1 amide bonds. The molecule has 0 radical (unpaired) electrons. The van der Waals surface area contributed by atoms with Gasteiger partial charge in [-0.25, -0.2) is 5.01 Å². The summed E-state index contributed by atoms with van der Waals surface area (Å²) in [6.07, 6.45) is -3.33. The first-order valence-electron chi connectivity index (χ1n) is 7.81. The number of halogens is 3. The minimum Gasteiger partial charge on any atom is -0.288 e. The Bertz CT molecular complexity index is 569. The molecule has 0 aromatic heterocycles. The Labute approximate surface area is 134 Å². The summed E-state index contributed by atoms with van der Waals surface area (Å²) >= 11 is 0. The zero-order valence-corrected chi connectivity index (χ0v) is 13.7. The Morgan fingerprint density at radius 3 is 2.57 bits per heavy atom. The van der Waals surface area contributed by atoms with E-state index in [2.05, 4.69) is 5.43 Å². The number of carbonyl (C=O) groups is 1. The normalized spacial score (nSPS) is 19.7. The van der Waals surface area contributed by atoms with E-state index in [1.807, 2.05) is 31.2 Å². The van der Waals surface area contributed by atoms with Crippen LogP contribution in [0, 0.1) is 6.92 Å². The molecular formula is C17H23F3N2O. The summed E-state index contributed by atoms with van der Waals surface area (Å²) in [4.78, 5) is 11.5. The first-order valence-corrected chi connectivity index (χ1v) is 7.81. The van der Waals surface area contributed by atoms with Gasteiger partial charge in [-0.1, -0.05) is 29.8 Å². The van der Waals surface area contributed by atoms with Crippen LogP contribution in [0.5, 0.6) is 0 Å². The van der Waals surface area contributed by atoms with Gasteiger partial charge in [0, 0.05) is 12.0 Å². The van der Waals surface area contributed by atoms with Crippen LogP contribution in [0.2, 0.25) is 0 Å². The molecule has 1 aliphatic rings. The van der Waals surface area contributed by atoms with Crippen LogP contribution in [-0.4, -0.2) is 28.7 Å². The monoisotopic (exact) mass is 328 g/mol. The van der Waals surface area contributed by atoms with Gasteiger partial charge in [-0.2, -0.15) is 13.2 Å². The van der Waals surface area contributed by atoms with Gasteiger partial charge in [-0.3, -0.25) is 10.2 Å². The highest BCUT2D eigenvalue weighted by Crippen LogP contribution is 2.35. The van der Waals surface area contributed by atoms with Crippen molar-refractivity contribution in [2.45, 2.75) is 64.2 Å². The van der Waals surface area contributed by atoms with E-state index in [9.17, 15) is 18.0 Å². The zero-order chi connectivity index (χ0) is 17.3. The lowest BCUT2D eigenvalue weighted by Gasteiger charge is -2.37. The van der Waals surface area contributed by atoms with Gasteiger partial charge in [0.05, 0.1) is 0 Å². The number of hydrogen-bond acceptors (Lipinski definition) is 2. The molecule has 2 rings (SSSR count). The van der Waals surface area contributed by atoms with E-state index in [0.717, 1.165) is 16.1 Å². The van der Waals surface area contributed by atoms with Crippen LogP contribution in [0.25, 0.3) is 0 Å². The Hall–Kier alpha value is -1.56. The van der Waals surface area contributed by atoms with Crippen molar-refractivity contribution in [3.8, 4) is 0 Å². The summed E-state index contributed by atoms with van der Waals surface area (Å²) in [5.74, 6) is -0.358. The zero-order valence-electron chi connectivity index (χ0n) is 13.7. The molecule has 0 unspecified atom stereocenters. The Kier molecular flexibility index (Phi) is 5.04. The number of nitrogens with one attached hydrogen (secondary N) is 1. The molecule has 128 valence electrons. The van der Waals surface area contributed by atoms with Crippen LogP contribution in [0.3, 0.4) is 0 Å². The quantitative estimate of drug-likeness (QED) is 0.892. The van der Waals surface area contributed by atoms with E-state index in [1.165, 1.54) is 0 Å². The van der Waals surface area contributed by atoms with E-state index in [0.29, 0.717) is 12.8 Å². The molecule has 23 heavy (non-hydrogen) atoms. The van der Waals surface area contributed by atoms with E-state index in [-0.39, 0.29) is 18.7 Å². The molecule has 1 fully saturated rings. The summed E-state index contributed by atoms with van der Waals surface area (Å²) in [5.41, 5.74) is 3.69. The van der Waals surface area contributed by atoms with Crippen molar-refractivity contribution in [1.82, 2.24) is 10.4 Å². The maximum Gasteiger partial charge on any atom is 0.405 e. The highest BCUT2D eigenvalue weighted by Gasteiger charge is 2.51. The van der Waals surface area contributed by atoms with Gasteiger partial charge in [-0.05, 0) is 45.6 Å². The number of carbonyl (C=O) groups excluding carboxylic acids is 1. The van der Waals surface area contributed by atoms with Crippen molar-refractivity contribution < 1.29 is 18.0 Å². The Morgan fingerprint density at radius 2 is 2.04 bits per heavy atom. The number of hydrogen-bond donors (Lipinski definition) is 1. The van der Waals surface area contributed by atoms with Crippen LogP contribution in [0.1, 0.15) is 44.2 Å². The van der Waals surface area contributed by atoms with Crippen molar-refractivity contribution in [2.75, 3.05) is 0 Å². The number of rotatable bonds is 5. The second-order valence-electron chi connectivity index (χ2n) is 6.83. The lowest BCUT2D eigenvalue weighted by molar-refractivity contribution is -0.202. The second-order valence-corrected chi connectivity index (χ2v) is 6.83. The van der Waals surface area contributed by atoms with Crippen LogP contribution in [0.15, 0.2) is 24.3 Å². The standard InChI is InChI=1S/C17H23F3N2O/c1-12-6-4-7-13(10-12)8-5-9-14(17(18,19)20)22-16(2,3)11-15(23)21-22/h4,6-7,10,14H,5,8-9,11H2,1-3H3,(H,21,23)/t14-/m0/s1. The first-order chi connectivity index (χ1) is 10.6. The molecule has 1 aromatic rings. The van der Waals surface area contributed by atoms with Crippen LogP contribution in [0.4, 0.5) is 13.2 Å². The minimum atomic E-state index is -4.37. The average Bonchev–Trinajstić information content (AvgIpc) is 2.66. The van der Waals surface area contributed by atoms with Gasteiger partial charge in [0.2, 0.25) is 5.91 Å². The molecule has 1 aromatic carbocycles. The molecule has 3 nitrogen and oxygen atoms in total. The van der Waals surface area contributed by atoms with Crippen molar-refractivity contribution in [2.24, 2.45) is 0 Å². The number of alkyl halides is 3. The molecule has 1 saturated heterocycles. The fourth-order valence-corrected chi connectivity index (χ4v) is 3.11. The number of aryl methyl sites for hydroxylation is 2. The predicted molar refractivity (Wildman–Crippen MR) is 82.6 cm³/mol. The van der Waals surface area contributed by atoms with Crippen LogP contribution in [-0.2, 0) is 11.2 Å². The van der Waals surface area contributed by atoms with Gasteiger partial charge in [0.25, 0.3) is 0 Å². The molecule has 0 spiro atoms. The average molecular weight is 328 g/mol. The molecule has 6 heteroatoms. The van der Waals surface area contributed by atoms with Crippen LogP contribution >= 0.6 is 0 Å². The highest BCUT2D eigenvalue weighted by molar-refractivity contribution is 5.78. The van der Waals surface area contributed by atoms with Gasteiger partial charge < -0.3 is 0 Å². The Balaban J connectivity index is 2.04. The van der Waals surface area contributed by atoms with E-state index in [1.54, 1.807) is 13.8 Å². The molecule has 1 N–H and O–H groups in total. The van der Waals surface area contributed by atoms with Gasteiger partial charge in [0.15, 0.2) is 0 Å². The summed E-state index contributed by atoms with van der Waals surface area (Å²) in [7, 11) is 0. The lowest BCUT2D eigenvalue weighted by Crippen LogP contribution is -2.56. The van der Waals surface area contributed by atoms with E-state index < -0.39 is 17.8 Å².